The highest BCUT2D eigenvalue weighted by atomic mass is 35.5. The van der Waals surface area contributed by atoms with Crippen LogP contribution >= 0.6 is 23.2 Å². The Morgan fingerprint density at radius 1 is 1.43 bits per heavy atom. The quantitative estimate of drug-likeness (QED) is 0.919. The second-order valence-electron chi connectivity index (χ2n) is 5.21. The molecule has 2 aromatic rings. The zero-order valence-electron chi connectivity index (χ0n) is 11.3. The molecule has 0 aliphatic heterocycles. The lowest BCUT2D eigenvalue weighted by Crippen LogP contribution is -2.28. The van der Waals surface area contributed by atoms with Crippen LogP contribution in [0.15, 0.2) is 36.9 Å². The van der Waals surface area contributed by atoms with Crippen LogP contribution in [0.25, 0.3) is 0 Å². The molecule has 1 saturated carbocycles. The summed E-state index contributed by atoms with van der Waals surface area (Å²) in [4.78, 5) is 16.1. The number of halogens is 2. The van der Waals surface area contributed by atoms with Crippen LogP contribution in [0.4, 0.5) is 0 Å². The lowest BCUT2D eigenvalue weighted by molar-refractivity contribution is -0.122. The molecular formula is C15H15Cl2N3O. The Labute approximate surface area is 133 Å². The van der Waals surface area contributed by atoms with Crippen LogP contribution in [-0.4, -0.2) is 22.0 Å². The second-order valence-corrected chi connectivity index (χ2v) is 6.05. The van der Waals surface area contributed by atoms with Crippen LogP contribution in [0.2, 0.25) is 10.0 Å². The van der Waals surface area contributed by atoms with Gasteiger partial charge < -0.3 is 9.88 Å². The molecule has 1 amide bonds. The number of rotatable bonds is 5. The molecule has 4 nitrogen and oxygen atoms in total. The van der Waals surface area contributed by atoms with Crippen LogP contribution in [0.3, 0.4) is 0 Å². The van der Waals surface area contributed by atoms with Crippen LogP contribution < -0.4 is 5.32 Å². The first-order valence-electron chi connectivity index (χ1n) is 6.83. The van der Waals surface area contributed by atoms with Crippen LogP contribution in [0.5, 0.6) is 0 Å². The molecule has 0 spiro atoms. The number of benzene rings is 1. The molecule has 110 valence electrons. The van der Waals surface area contributed by atoms with E-state index < -0.39 is 0 Å². The molecule has 6 heteroatoms. The van der Waals surface area contributed by atoms with E-state index in [9.17, 15) is 4.79 Å². The van der Waals surface area contributed by atoms with Gasteiger partial charge in [0.1, 0.15) is 0 Å². The molecule has 1 fully saturated rings. The van der Waals surface area contributed by atoms with E-state index in [0.717, 1.165) is 18.5 Å². The molecule has 2 atom stereocenters. The number of carbonyl (C=O) groups excluding carboxylic acids is 1. The van der Waals surface area contributed by atoms with E-state index >= 15 is 0 Å². The summed E-state index contributed by atoms with van der Waals surface area (Å²) in [6.45, 7) is 1.33. The monoisotopic (exact) mass is 323 g/mol. The van der Waals surface area contributed by atoms with Gasteiger partial charge in [0.2, 0.25) is 5.91 Å². The van der Waals surface area contributed by atoms with Gasteiger partial charge >= 0.3 is 0 Å². The molecule has 0 radical (unpaired) electrons. The Kier molecular flexibility index (Phi) is 4.17. The van der Waals surface area contributed by atoms with Crippen molar-refractivity contribution in [1.82, 2.24) is 14.9 Å². The predicted molar refractivity (Wildman–Crippen MR) is 82.5 cm³/mol. The van der Waals surface area contributed by atoms with Crippen molar-refractivity contribution < 1.29 is 4.79 Å². The molecular weight excluding hydrogens is 309 g/mol. The van der Waals surface area contributed by atoms with Gasteiger partial charge in [-0.05, 0) is 30.0 Å². The Morgan fingerprint density at radius 3 is 3.00 bits per heavy atom. The highest BCUT2D eigenvalue weighted by molar-refractivity contribution is 6.35. The average Bonchev–Trinajstić information content (AvgIpc) is 3.06. The van der Waals surface area contributed by atoms with Crippen molar-refractivity contribution in [3.05, 3.63) is 52.5 Å². The minimum atomic E-state index is 0.0199. The van der Waals surface area contributed by atoms with Gasteiger partial charge in [0.25, 0.3) is 0 Å². The van der Waals surface area contributed by atoms with Gasteiger partial charge in [0.05, 0.1) is 6.33 Å². The van der Waals surface area contributed by atoms with Gasteiger partial charge in [-0.25, -0.2) is 4.98 Å². The molecule has 1 N–H and O–H groups in total. The van der Waals surface area contributed by atoms with E-state index in [0.29, 0.717) is 16.6 Å². The fourth-order valence-corrected chi connectivity index (χ4v) is 3.04. The normalized spacial score (nSPS) is 20.3. The van der Waals surface area contributed by atoms with Crippen molar-refractivity contribution >= 4 is 29.1 Å². The number of amides is 1. The highest BCUT2D eigenvalue weighted by Crippen LogP contribution is 2.49. The Bertz CT molecular complexity index is 642. The molecule has 2 unspecified atom stereocenters. The third-order valence-corrected chi connectivity index (χ3v) is 4.28. The summed E-state index contributed by atoms with van der Waals surface area (Å²) in [6, 6.07) is 5.45. The van der Waals surface area contributed by atoms with Crippen LogP contribution in [-0.2, 0) is 11.3 Å². The number of imidazole rings is 1. The molecule has 1 aromatic heterocycles. The van der Waals surface area contributed by atoms with Crippen molar-refractivity contribution in [3.8, 4) is 0 Å². The zero-order chi connectivity index (χ0) is 14.8. The maximum atomic E-state index is 12.1. The summed E-state index contributed by atoms with van der Waals surface area (Å²) in [6.07, 6.45) is 6.18. The summed E-state index contributed by atoms with van der Waals surface area (Å²) in [7, 11) is 0. The number of hydrogen-bond acceptors (Lipinski definition) is 2. The molecule has 1 aliphatic carbocycles. The smallest absolute Gasteiger partial charge is 0.223 e. The Morgan fingerprint density at radius 2 is 2.29 bits per heavy atom. The molecule has 0 bridgehead atoms. The van der Waals surface area contributed by atoms with Gasteiger partial charge in [-0.3, -0.25) is 4.79 Å². The molecule has 1 aliphatic rings. The van der Waals surface area contributed by atoms with E-state index in [4.69, 9.17) is 23.2 Å². The number of hydrogen-bond donors (Lipinski definition) is 1. The number of nitrogens with one attached hydrogen (secondary N) is 1. The first kappa shape index (κ1) is 14.4. The minimum absolute atomic E-state index is 0.0199. The van der Waals surface area contributed by atoms with Gasteiger partial charge in [-0.15, -0.1) is 0 Å². The molecule has 1 aromatic carbocycles. The molecule has 3 rings (SSSR count). The van der Waals surface area contributed by atoms with Crippen molar-refractivity contribution in [1.29, 1.82) is 0 Å². The maximum absolute atomic E-state index is 12.1. The lowest BCUT2D eigenvalue weighted by atomic mass is 10.1. The summed E-state index contributed by atoms with van der Waals surface area (Å²) in [5.74, 6) is 0.320. The number of carbonyl (C=O) groups is 1. The lowest BCUT2D eigenvalue weighted by Gasteiger charge is -2.07. The van der Waals surface area contributed by atoms with Crippen LogP contribution in [0.1, 0.15) is 17.9 Å². The fourth-order valence-electron chi connectivity index (χ4n) is 2.49. The van der Waals surface area contributed by atoms with Crippen molar-refractivity contribution in [2.75, 3.05) is 6.54 Å². The SMILES string of the molecule is O=C(NCCn1ccnc1)C1CC1c1ccc(Cl)cc1Cl. The predicted octanol–water partition coefficient (Wildman–Crippen LogP) is 3.11. The van der Waals surface area contributed by atoms with Crippen molar-refractivity contribution in [3.63, 3.8) is 0 Å². The molecule has 21 heavy (non-hydrogen) atoms. The standard InChI is InChI=1S/C15H15Cl2N3O/c16-10-1-2-11(14(17)7-10)12-8-13(12)15(21)19-4-6-20-5-3-18-9-20/h1-3,5,7,9,12-13H,4,6,8H2,(H,19,21). The molecule has 0 saturated heterocycles. The summed E-state index contributed by atoms with van der Waals surface area (Å²) in [5, 5.41) is 4.21. The van der Waals surface area contributed by atoms with E-state index in [1.54, 1.807) is 18.6 Å². The Hall–Kier alpha value is -1.52. The van der Waals surface area contributed by atoms with E-state index in [-0.39, 0.29) is 17.7 Å². The van der Waals surface area contributed by atoms with Crippen molar-refractivity contribution in [2.24, 2.45) is 5.92 Å². The third-order valence-electron chi connectivity index (χ3n) is 3.72. The zero-order valence-corrected chi connectivity index (χ0v) is 12.8. The number of nitrogens with zero attached hydrogens (tertiary/aromatic N) is 2. The first-order valence-corrected chi connectivity index (χ1v) is 7.59. The van der Waals surface area contributed by atoms with Gasteiger partial charge in [-0.1, -0.05) is 29.3 Å². The summed E-state index contributed by atoms with van der Waals surface area (Å²) in [5.41, 5.74) is 1.01. The number of aromatic nitrogens is 2. The third kappa shape index (κ3) is 3.39. The highest BCUT2D eigenvalue weighted by Gasteiger charge is 2.44. The summed E-state index contributed by atoms with van der Waals surface area (Å²) >= 11 is 12.1. The van der Waals surface area contributed by atoms with Gasteiger partial charge in [0, 0.05) is 41.4 Å². The largest absolute Gasteiger partial charge is 0.354 e. The fraction of sp³-hybridized carbons (Fsp3) is 0.333. The average molecular weight is 324 g/mol. The van der Waals surface area contributed by atoms with Gasteiger partial charge in [0.15, 0.2) is 0 Å². The minimum Gasteiger partial charge on any atom is -0.354 e. The first-order chi connectivity index (χ1) is 10.1. The van der Waals surface area contributed by atoms with Gasteiger partial charge in [-0.2, -0.15) is 0 Å². The van der Waals surface area contributed by atoms with E-state index in [1.807, 2.05) is 22.9 Å². The van der Waals surface area contributed by atoms with E-state index in [1.165, 1.54) is 0 Å². The second kappa shape index (κ2) is 6.08. The Balaban J connectivity index is 1.51. The van der Waals surface area contributed by atoms with Crippen molar-refractivity contribution in [2.45, 2.75) is 18.9 Å². The molecule has 1 heterocycles. The maximum Gasteiger partial charge on any atom is 0.223 e. The topological polar surface area (TPSA) is 46.9 Å². The van der Waals surface area contributed by atoms with Crippen LogP contribution in [0, 0.1) is 5.92 Å². The summed E-state index contributed by atoms with van der Waals surface area (Å²) < 4.78 is 1.93. The van der Waals surface area contributed by atoms with E-state index in [2.05, 4.69) is 10.3 Å².